The second-order valence-electron chi connectivity index (χ2n) is 3.61. The first-order valence-electron chi connectivity index (χ1n) is 5.13. The quantitative estimate of drug-likeness (QED) is 0.763. The summed E-state index contributed by atoms with van der Waals surface area (Å²) in [4.78, 5) is 39.0. The van der Waals surface area contributed by atoms with Gasteiger partial charge < -0.3 is 9.47 Å². The highest BCUT2D eigenvalue weighted by Gasteiger charge is 2.31. The van der Waals surface area contributed by atoms with Gasteiger partial charge in [-0.05, 0) is 6.07 Å². The number of hydrogen-bond acceptors (Lipinski definition) is 6. The van der Waals surface area contributed by atoms with E-state index in [1.54, 1.807) is 0 Å². The van der Waals surface area contributed by atoms with Gasteiger partial charge in [0.2, 0.25) is 11.6 Å². The predicted molar refractivity (Wildman–Crippen MR) is 64.3 cm³/mol. The normalized spacial score (nSPS) is 13.7. The number of hydrogen-bond donors (Lipinski definition) is 0. The van der Waals surface area contributed by atoms with Gasteiger partial charge in [-0.1, -0.05) is 11.6 Å². The Hall–Kier alpha value is -2.21. The molecule has 0 saturated heterocycles. The maximum absolute atomic E-state index is 12.0. The van der Waals surface area contributed by atoms with E-state index in [1.165, 1.54) is 20.3 Å². The van der Waals surface area contributed by atoms with Crippen molar-refractivity contribution in [1.82, 2.24) is 4.98 Å². The van der Waals surface area contributed by atoms with E-state index in [-0.39, 0.29) is 27.7 Å². The SMILES string of the molecule is COC(=O)c1cc(Cl)c2c(n1)C(=O)C=C(OC)C2=O. The van der Waals surface area contributed by atoms with Crippen molar-refractivity contribution in [1.29, 1.82) is 0 Å². The molecule has 19 heavy (non-hydrogen) atoms. The number of methoxy groups -OCH3 is 2. The van der Waals surface area contributed by atoms with E-state index in [0.717, 1.165) is 6.08 Å². The molecular formula is C12H8ClNO5. The number of nitrogens with zero attached hydrogens (tertiary/aromatic N) is 1. The van der Waals surface area contributed by atoms with Crippen LogP contribution in [0.4, 0.5) is 0 Å². The van der Waals surface area contributed by atoms with Crippen LogP contribution in [0.3, 0.4) is 0 Å². The molecule has 0 spiro atoms. The molecule has 1 aromatic heterocycles. The molecule has 1 aromatic rings. The van der Waals surface area contributed by atoms with Crippen LogP contribution in [0.5, 0.6) is 0 Å². The topological polar surface area (TPSA) is 82.6 Å². The van der Waals surface area contributed by atoms with Crippen molar-refractivity contribution >= 4 is 29.1 Å². The molecule has 0 atom stereocenters. The number of esters is 1. The summed E-state index contributed by atoms with van der Waals surface area (Å²) >= 11 is 5.93. The average molecular weight is 282 g/mol. The molecule has 1 aliphatic rings. The monoisotopic (exact) mass is 281 g/mol. The summed E-state index contributed by atoms with van der Waals surface area (Å²) in [6.45, 7) is 0. The number of Topliss-reactive ketones (excluding diaryl/α,β-unsaturated/α-hetero) is 1. The Balaban J connectivity index is 2.65. The zero-order valence-electron chi connectivity index (χ0n) is 10.0. The van der Waals surface area contributed by atoms with Gasteiger partial charge >= 0.3 is 5.97 Å². The van der Waals surface area contributed by atoms with Crippen molar-refractivity contribution in [2.45, 2.75) is 0 Å². The van der Waals surface area contributed by atoms with Gasteiger partial charge in [-0.25, -0.2) is 9.78 Å². The van der Waals surface area contributed by atoms with Crippen LogP contribution in [0.15, 0.2) is 17.9 Å². The van der Waals surface area contributed by atoms with E-state index in [2.05, 4.69) is 9.72 Å². The summed E-state index contributed by atoms with van der Waals surface area (Å²) in [5, 5.41) is -0.0496. The van der Waals surface area contributed by atoms with Crippen LogP contribution in [-0.4, -0.2) is 36.7 Å². The highest BCUT2D eigenvalue weighted by Crippen LogP contribution is 2.27. The van der Waals surface area contributed by atoms with Crippen molar-refractivity contribution in [2.75, 3.05) is 14.2 Å². The van der Waals surface area contributed by atoms with E-state index in [1.807, 2.05) is 0 Å². The van der Waals surface area contributed by atoms with Crippen LogP contribution in [0, 0.1) is 0 Å². The number of aromatic nitrogens is 1. The molecule has 0 aromatic carbocycles. The Morgan fingerprint density at radius 2 is 2.00 bits per heavy atom. The van der Waals surface area contributed by atoms with Gasteiger partial charge in [0.05, 0.1) is 24.8 Å². The second-order valence-corrected chi connectivity index (χ2v) is 4.02. The van der Waals surface area contributed by atoms with Crippen LogP contribution in [-0.2, 0) is 9.47 Å². The van der Waals surface area contributed by atoms with Crippen molar-refractivity contribution < 1.29 is 23.9 Å². The van der Waals surface area contributed by atoms with E-state index in [9.17, 15) is 14.4 Å². The summed E-state index contributed by atoms with van der Waals surface area (Å²) in [7, 11) is 2.44. The number of ether oxygens (including phenoxy) is 2. The molecule has 7 heteroatoms. The van der Waals surface area contributed by atoms with Gasteiger partial charge in [-0.3, -0.25) is 9.59 Å². The lowest BCUT2D eigenvalue weighted by Gasteiger charge is -2.15. The number of allylic oxidation sites excluding steroid dienone is 2. The molecule has 0 amide bonds. The smallest absolute Gasteiger partial charge is 0.356 e. The third kappa shape index (κ3) is 2.10. The minimum atomic E-state index is -0.744. The number of fused-ring (bicyclic) bond motifs is 1. The zero-order valence-corrected chi connectivity index (χ0v) is 10.8. The number of carbonyl (C=O) groups is 3. The van der Waals surface area contributed by atoms with E-state index in [4.69, 9.17) is 16.3 Å². The number of ketones is 2. The maximum Gasteiger partial charge on any atom is 0.356 e. The Bertz CT molecular complexity index is 635. The molecule has 0 N–H and O–H groups in total. The lowest BCUT2D eigenvalue weighted by Crippen LogP contribution is -2.22. The van der Waals surface area contributed by atoms with Crippen molar-refractivity contribution in [3.8, 4) is 0 Å². The Morgan fingerprint density at radius 1 is 1.32 bits per heavy atom. The highest BCUT2D eigenvalue weighted by molar-refractivity contribution is 6.37. The van der Waals surface area contributed by atoms with Crippen molar-refractivity contribution in [2.24, 2.45) is 0 Å². The number of rotatable bonds is 2. The minimum absolute atomic E-state index is 0.0496. The fourth-order valence-corrected chi connectivity index (χ4v) is 1.92. The number of carbonyl (C=O) groups excluding carboxylic acids is 3. The number of pyridine rings is 1. The van der Waals surface area contributed by atoms with Gasteiger partial charge in [0.15, 0.2) is 11.5 Å². The molecule has 0 aliphatic heterocycles. The second kappa shape index (κ2) is 4.81. The molecule has 1 aliphatic carbocycles. The van der Waals surface area contributed by atoms with E-state index in [0.29, 0.717) is 0 Å². The highest BCUT2D eigenvalue weighted by atomic mass is 35.5. The lowest BCUT2D eigenvalue weighted by molar-refractivity contribution is 0.0593. The van der Waals surface area contributed by atoms with Crippen molar-refractivity contribution in [3.05, 3.63) is 39.9 Å². The van der Waals surface area contributed by atoms with Crippen LogP contribution >= 0.6 is 11.6 Å². The van der Waals surface area contributed by atoms with Gasteiger partial charge in [0, 0.05) is 6.08 Å². The zero-order chi connectivity index (χ0) is 14.2. The first-order chi connectivity index (χ1) is 8.99. The van der Waals surface area contributed by atoms with Crippen molar-refractivity contribution in [3.63, 3.8) is 0 Å². The fourth-order valence-electron chi connectivity index (χ4n) is 1.65. The first kappa shape index (κ1) is 13.2. The molecule has 0 bridgehead atoms. The van der Waals surface area contributed by atoms with Gasteiger partial charge in [0.25, 0.3) is 0 Å². The molecule has 0 radical (unpaired) electrons. The lowest BCUT2D eigenvalue weighted by atomic mass is 9.97. The fraction of sp³-hybridized carbons (Fsp3) is 0.167. The van der Waals surface area contributed by atoms with Crippen LogP contribution in [0.25, 0.3) is 0 Å². The van der Waals surface area contributed by atoms with E-state index < -0.39 is 17.5 Å². The number of halogens is 1. The van der Waals surface area contributed by atoms with Crippen LogP contribution < -0.4 is 0 Å². The third-order valence-electron chi connectivity index (χ3n) is 2.53. The first-order valence-corrected chi connectivity index (χ1v) is 5.51. The molecule has 0 saturated carbocycles. The molecule has 1 heterocycles. The van der Waals surface area contributed by atoms with Gasteiger partial charge in [-0.15, -0.1) is 0 Å². The third-order valence-corrected chi connectivity index (χ3v) is 2.83. The summed E-state index contributed by atoms with van der Waals surface area (Å²) in [5.41, 5.74) is -0.390. The Labute approximate surface area is 113 Å². The molecule has 98 valence electrons. The largest absolute Gasteiger partial charge is 0.492 e. The minimum Gasteiger partial charge on any atom is -0.492 e. The summed E-state index contributed by atoms with van der Waals surface area (Å²) in [6, 6.07) is 1.18. The summed E-state index contributed by atoms with van der Waals surface area (Å²) < 4.78 is 9.29. The molecule has 2 rings (SSSR count). The standard InChI is InChI=1S/C12H8ClNO5/c1-18-8-4-7(15)10-9(11(8)16)5(13)3-6(14-10)12(17)19-2/h3-4H,1-2H3. The summed E-state index contributed by atoms with van der Waals surface area (Å²) in [6.07, 6.45) is 1.01. The van der Waals surface area contributed by atoms with E-state index >= 15 is 0 Å². The summed E-state index contributed by atoms with van der Waals surface area (Å²) in [5.74, 6) is -1.97. The van der Waals surface area contributed by atoms with Gasteiger partial charge in [0.1, 0.15) is 5.69 Å². The Kier molecular flexibility index (Phi) is 3.35. The predicted octanol–water partition coefficient (Wildman–Crippen LogP) is 1.43. The van der Waals surface area contributed by atoms with Crippen LogP contribution in [0.2, 0.25) is 5.02 Å². The van der Waals surface area contributed by atoms with Gasteiger partial charge in [-0.2, -0.15) is 0 Å². The molecule has 6 nitrogen and oxygen atoms in total. The average Bonchev–Trinajstić information content (AvgIpc) is 2.41. The maximum atomic E-state index is 12.0. The molecule has 0 fully saturated rings. The molecular weight excluding hydrogens is 274 g/mol. The molecule has 0 unspecified atom stereocenters. The van der Waals surface area contributed by atoms with Crippen LogP contribution in [0.1, 0.15) is 31.3 Å². The Morgan fingerprint density at radius 3 is 2.58 bits per heavy atom.